The van der Waals surface area contributed by atoms with E-state index in [0.29, 0.717) is 0 Å². The summed E-state index contributed by atoms with van der Waals surface area (Å²) < 4.78 is 0. The largest absolute Gasteiger partial charge is 0.387 e. The highest BCUT2D eigenvalue weighted by molar-refractivity contribution is 5.19. The molecule has 1 aromatic rings. The van der Waals surface area contributed by atoms with Crippen molar-refractivity contribution in [1.82, 2.24) is 4.90 Å². The Labute approximate surface area is 122 Å². The fourth-order valence-electron chi connectivity index (χ4n) is 4.42. The number of hydrogen-bond acceptors (Lipinski definition) is 2. The van der Waals surface area contributed by atoms with Crippen molar-refractivity contribution in [3.05, 3.63) is 35.9 Å². The molecule has 110 valence electrons. The highest BCUT2D eigenvalue weighted by Crippen LogP contribution is 2.40. The van der Waals surface area contributed by atoms with Gasteiger partial charge in [-0.25, -0.2) is 0 Å². The Balaban J connectivity index is 1.78. The van der Waals surface area contributed by atoms with E-state index in [2.05, 4.69) is 24.0 Å². The van der Waals surface area contributed by atoms with Crippen LogP contribution in [0.4, 0.5) is 0 Å². The maximum absolute atomic E-state index is 10.8. The Morgan fingerprint density at radius 1 is 1.15 bits per heavy atom. The molecular formula is C18H27NO. The zero-order valence-corrected chi connectivity index (χ0v) is 12.5. The molecule has 4 unspecified atom stereocenters. The third-order valence-electron chi connectivity index (χ3n) is 5.39. The van der Waals surface area contributed by atoms with Crippen LogP contribution in [0, 0.1) is 5.92 Å². The van der Waals surface area contributed by atoms with Gasteiger partial charge in [-0.1, -0.05) is 43.7 Å². The van der Waals surface area contributed by atoms with Crippen molar-refractivity contribution in [2.24, 2.45) is 5.92 Å². The first-order valence-electron chi connectivity index (χ1n) is 8.30. The van der Waals surface area contributed by atoms with E-state index in [0.717, 1.165) is 23.9 Å². The van der Waals surface area contributed by atoms with E-state index < -0.39 is 0 Å². The summed E-state index contributed by atoms with van der Waals surface area (Å²) in [6.07, 6.45) is 7.50. The molecule has 1 saturated carbocycles. The first-order chi connectivity index (χ1) is 9.81. The van der Waals surface area contributed by atoms with Gasteiger partial charge in [-0.2, -0.15) is 0 Å². The zero-order chi connectivity index (χ0) is 13.9. The number of aliphatic hydroxyl groups is 1. The van der Waals surface area contributed by atoms with Gasteiger partial charge in [0.1, 0.15) is 0 Å². The van der Waals surface area contributed by atoms with E-state index >= 15 is 0 Å². The van der Waals surface area contributed by atoms with E-state index in [-0.39, 0.29) is 12.1 Å². The lowest BCUT2D eigenvalue weighted by atomic mass is 9.88. The van der Waals surface area contributed by atoms with Gasteiger partial charge >= 0.3 is 0 Å². The van der Waals surface area contributed by atoms with E-state index in [1.54, 1.807) is 0 Å². The first-order valence-corrected chi connectivity index (χ1v) is 8.30. The van der Waals surface area contributed by atoms with Crippen LogP contribution in [0.15, 0.2) is 30.3 Å². The number of aliphatic hydroxyl groups excluding tert-OH is 1. The molecule has 1 saturated heterocycles. The summed E-state index contributed by atoms with van der Waals surface area (Å²) in [4.78, 5) is 2.64. The minimum atomic E-state index is -0.347. The lowest BCUT2D eigenvalue weighted by Crippen LogP contribution is -2.50. The van der Waals surface area contributed by atoms with Crippen molar-refractivity contribution >= 4 is 0 Å². The van der Waals surface area contributed by atoms with Gasteiger partial charge in [-0.15, -0.1) is 0 Å². The maximum atomic E-state index is 10.8. The van der Waals surface area contributed by atoms with Crippen LogP contribution in [0.1, 0.15) is 57.1 Å². The summed E-state index contributed by atoms with van der Waals surface area (Å²) >= 11 is 0. The molecule has 2 fully saturated rings. The van der Waals surface area contributed by atoms with Crippen LogP contribution in [-0.4, -0.2) is 28.6 Å². The SMILES string of the molecule is CCC(C(O)c1ccccc1)N1CCCC2CCCC21. The first kappa shape index (κ1) is 14.1. The summed E-state index contributed by atoms with van der Waals surface area (Å²) in [6, 6.07) is 11.2. The molecule has 1 aliphatic heterocycles. The third-order valence-corrected chi connectivity index (χ3v) is 5.39. The average Bonchev–Trinajstić information content (AvgIpc) is 2.98. The van der Waals surface area contributed by atoms with Crippen molar-refractivity contribution < 1.29 is 5.11 Å². The summed E-state index contributed by atoms with van der Waals surface area (Å²) in [5.74, 6) is 0.890. The van der Waals surface area contributed by atoms with Crippen molar-refractivity contribution in [1.29, 1.82) is 0 Å². The molecule has 2 heteroatoms. The maximum Gasteiger partial charge on any atom is 0.0945 e. The molecular weight excluding hydrogens is 246 g/mol. The zero-order valence-electron chi connectivity index (χ0n) is 12.5. The van der Waals surface area contributed by atoms with Crippen LogP contribution in [0.5, 0.6) is 0 Å². The van der Waals surface area contributed by atoms with Gasteiger partial charge in [-0.05, 0) is 50.1 Å². The Hall–Kier alpha value is -0.860. The van der Waals surface area contributed by atoms with Crippen molar-refractivity contribution in [3.63, 3.8) is 0 Å². The lowest BCUT2D eigenvalue weighted by molar-refractivity contribution is -0.00797. The van der Waals surface area contributed by atoms with Crippen LogP contribution in [0.25, 0.3) is 0 Å². The topological polar surface area (TPSA) is 23.5 Å². The standard InChI is InChI=1S/C18H27NO/c1-2-16(18(20)15-8-4-3-5-9-15)19-13-7-11-14-10-6-12-17(14)19/h3-5,8-9,14,16-18,20H,2,6-7,10-13H2,1H3. The van der Waals surface area contributed by atoms with E-state index in [9.17, 15) is 5.11 Å². The molecule has 4 atom stereocenters. The summed E-state index contributed by atoms with van der Waals surface area (Å²) in [5.41, 5.74) is 1.07. The molecule has 1 N–H and O–H groups in total. The predicted octanol–water partition coefficient (Wildman–Crippen LogP) is 3.76. The molecule has 1 heterocycles. The average molecular weight is 273 g/mol. The quantitative estimate of drug-likeness (QED) is 0.903. The number of likely N-dealkylation sites (tertiary alicyclic amines) is 1. The van der Waals surface area contributed by atoms with E-state index in [4.69, 9.17) is 0 Å². The Morgan fingerprint density at radius 3 is 2.65 bits per heavy atom. The van der Waals surface area contributed by atoms with Crippen molar-refractivity contribution in [2.75, 3.05) is 6.54 Å². The summed E-state index contributed by atoms with van der Waals surface area (Å²) in [5, 5.41) is 10.8. The van der Waals surface area contributed by atoms with Gasteiger partial charge < -0.3 is 5.11 Å². The molecule has 0 radical (unpaired) electrons. The third kappa shape index (κ3) is 2.64. The predicted molar refractivity (Wildman–Crippen MR) is 82.5 cm³/mol. The molecule has 0 aromatic heterocycles. The molecule has 0 amide bonds. The molecule has 2 aliphatic rings. The van der Waals surface area contributed by atoms with Crippen LogP contribution in [0.3, 0.4) is 0 Å². The fourth-order valence-corrected chi connectivity index (χ4v) is 4.42. The summed E-state index contributed by atoms with van der Waals surface area (Å²) in [7, 11) is 0. The molecule has 20 heavy (non-hydrogen) atoms. The molecule has 1 aromatic carbocycles. The number of hydrogen-bond donors (Lipinski definition) is 1. The van der Waals surface area contributed by atoms with E-state index in [1.165, 1.54) is 38.6 Å². The monoisotopic (exact) mass is 273 g/mol. The second-order valence-corrected chi connectivity index (χ2v) is 6.47. The minimum absolute atomic E-state index is 0.281. The smallest absolute Gasteiger partial charge is 0.0945 e. The Kier molecular flexibility index (Phi) is 4.42. The van der Waals surface area contributed by atoms with Crippen LogP contribution in [-0.2, 0) is 0 Å². The molecule has 0 spiro atoms. The Bertz CT molecular complexity index is 419. The highest BCUT2D eigenvalue weighted by atomic mass is 16.3. The second-order valence-electron chi connectivity index (χ2n) is 6.47. The van der Waals surface area contributed by atoms with Gasteiger partial charge in [0, 0.05) is 12.1 Å². The van der Waals surface area contributed by atoms with Gasteiger partial charge in [0.25, 0.3) is 0 Å². The number of rotatable bonds is 4. The van der Waals surface area contributed by atoms with Gasteiger partial charge in [-0.3, -0.25) is 4.90 Å². The van der Waals surface area contributed by atoms with Crippen molar-refractivity contribution in [3.8, 4) is 0 Å². The second kappa shape index (κ2) is 6.28. The number of nitrogens with zero attached hydrogens (tertiary/aromatic N) is 1. The van der Waals surface area contributed by atoms with Gasteiger partial charge in [0.2, 0.25) is 0 Å². The van der Waals surface area contributed by atoms with E-state index in [1.807, 2.05) is 18.2 Å². The normalized spacial score (nSPS) is 29.9. The molecule has 0 bridgehead atoms. The lowest BCUT2D eigenvalue weighted by Gasteiger charge is -2.44. The highest BCUT2D eigenvalue weighted by Gasteiger charge is 2.39. The van der Waals surface area contributed by atoms with Crippen LogP contribution >= 0.6 is 0 Å². The van der Waals surface area contributed by atoms with Gasteiger partial charge in [0.15, 0.2) is 0 Å². The molecule has 1 aliphatic carbocycles. The number of fused-ring (bicyclic) bond motifs is 1. The van der Waals surface area contributed by atoms with Crippen molar-refractivity contribution in [2.45, 2.75) is 63.6 Å². The Morgan fingerprint density at radius 2 is 1.90 bits per heavy atom. The number of piperidine rings is 1. The molecule has 2 nitrogen and oxygen atoms in total. The fraction of sp³-hybridized carbons (Fsp3) is 0.667. The minimum Gasteiger partial charge on any atom is -0.387 e. The number of benzene rings is 1. The van der Waals surface area contributed by atoms with Crippen LogP contribution < -0.4 is 0 Å². The molecule has 3 rings (SSSR count). The summed E-state index contributed by atoms with van der Waals surface area (Å²) in [6.45, 7) is 3.39. The van der Waals surface area contributed by atoms with Gasteiger partial charge in [0.05, 0.1) is 6.10 Å². The van der Waals surface area contributed by atoms with Crippen LogP contribution in [0.2, 0.25) is 0 Å².